The Morgan fingerprint density at radius 1 is 1.62 bits per heavy atom. The Morgan fingerprint density at radius 3 is 2.88 bits per heavy atom. The number of hydrogen-bond acceptors (Lipinski definition) is 2. The third-order valence-electron chi connectivity index (χ3n) is 2.44. The second-order valence-electron chi connectivity index (χ2n) is 3.97. The lowest BCUT2D eigenvalue weighted by atomic mass is 10.1. The van der Waals surface area contributed by atoms with Crippen LogP contribution in [0.5, 0.6) is 0 Å². The normalized spacial score (nSPS) is 11.9. The van der Waals surface area contributed by atoms with Crippen molar-refractivity contribution in [2.45, 2.75) is 26.3 Å². The lowest BCUT2D eigenvalue weighted by molar-refractivity contribution is 0.0940. The zero-order valence-corrected chi connectivity index (χ0v) is 9.79. The molecule has 86 valence electrons. The van der Waals surface area contributed by atoms with Gasteiger partial charge in [0.15, 0.2) is 0 Å². The first-order chi connectivity index (χ1) is 7.54. The van der Waals surface area contributed by atoms with Crippen molar-refractivity contribution in [1.82, 2.24) is 5.32 Å². The summed E-state index contributed by atoms with van der Waals surface area (Å²) in [4.78, 5) is 11.8. The van der Waals surface area contributed by atoms with Gasteiger partial charge in [-0.1, -0.05) is 12.1 Å². The SMILES string of the molecule is C=CCC(C)NC(=O)c1ccc(C)c(N)c1. The second-order valence-corrected chi connectivity index (χ2v) is 3.97. The Kier molecular flexibility index (Phi) is 4.11. The zero-order chi connectivity index (χ0) is 12.1. The highest BCUT2D eigenvalue weighted by Gasteiger charge is 2.09. The first-order valence-electron chi connectivity index (χ1n) is 5.32. The van der Waals surface area contributed by atoms with Gasteiger partial charge in [0.25, 0.3) is 5.91 Å². The summed E-state index contributed by atoms with van der Waals surface area (Å²) in [5.41, 5.74) is 7.97. The molecule has 0 radical (unpaired) electrons. The Morgan fingerprint density at radius 2 is 2.31 bits per heavy atom. The summed E-state index contributed by atoms with van der Waals surface area (Å²) >= 11 is 0. The van der Waals surface area contributed by atoms with Gasteiger partial charge in [0.2, 0.25) is 0 Å². The molecule has 3 heteroatoms. The first kappa shape index (κ1) is 12.3. The molecule has 0 aromatic heterocycles. The number of rotatable bonds is 4. The van der Waals surface area contributed by atoms with E-state index in [4.69, 9.17) is 5.73 Å². The number of aryl methyl sites for hydroxylation is 1. The van der Waals surface area contributed by atoms with Crippen LogP contribution >= 0.6 is 0 Å². The Balaban J connectivity index is 2.73. The lowest BCUT2D eigenvalue weighted by Crippen LogP contribution is -2.32. The van der Waals surface area contributed by atoms with E-state index >= 15 is 0 Å². The highest BCUT2D eigenvalue weighted by molar-refractivity contribution is 5.95. The molecule has 0 spiro atoms. The van der Waals surface area contributed by atoms with Crippen LogP contribution in [0.4, 0.5) is 5.69 Å². The average molecular weight is 218 g/mol. The third kappa shape index (κ3) is 3.12. The quantitative estimate of drug-likeness (QED) is 0.601. The van der Waals surface area contributed by atoms with Gasteiger partial charge in [-0.3, -0.25) is 4.79 Å². The van der Waals surface area contributed by atoms with Gasteiger partial charge in [0.05, 0.1) is 0 Å². The maximum atomic E-state index is 11.8. The average Bonchev–Trinajstić information content (AvgIpc) is 2.22. The van der Waals surface area contributed by atoms with Crippen LogP contribution in [0.25, 0.3) is 0 Å². The number of amides is 1. The van der Waals surface area contributed by atoms with E-state index in [0.29, 0.717) is 11.3 Å². The minimum absolute atomic E-state index is 0.0903. The van der Waals surface area contributed by atoms with Gasteiger partial charge in [-0.2, -0.15) is 0 Å². The van der Waals surface area contributed by atoms with E-state index in [1.165, 1.54) is 0 Å². The topological polar surface area (TPSA) is 55.1 Å². The van der Waals surface area contributed by atoms with E-state index in [2.05, 4.69) is 11.9 Å². The Bertz CT molecular complexity index is 399. The number of benzene rings is 1. The van der Waals surface area contributed by atoms with Gasteiger partial charge >= 0.3 is 0 Å². The fourth-order valence-electron chi connectivity index (χ4n) is 1.40. The van der Waals surface area contributed by atoms with Gasteiger partial charge in [-0.15, -0.1) is 6.58 Å². The maximum Gasteiger partial charge on any atom is 0.251 e. The number of nitrogen functional groups attached to an aromatic ring is 1. The number of nitrogens with one attached hydrogen (secondary N) is 1. The van der Waals surface area contributed by atoms with Crippen LogP contribution in [-0.2, 0) is 0 Å². The van der Waals surface area contributed by atoms with E-state index in [0.717, 1.165) is 12.0 Å². The van der Waals surface area contributed by atoms with Crippen molar-refractivity contribution in [1.29, 1.82) is 0 Å². The van der Waals surface area contributed by atoms with Crippen molar-refractivity contribution < 1.29 is 4.79 Å². The summed E-state index contributed by atoms with van der Waals surface area (Å²) in [5, 5.41) is 2.88. The molecule has 0 saturated carbocycles. The summed E-state index contributed by atoms with van der Waals surface area (Å²) in [7, 11) is 0. The van der Waals surface area contributed by atoms with Crippen molar-refractivity contribution in [3.05, 3.63) is 42.0 Å². The van der Waals surface area contributed by atoms with Crippen molar-refractivity contribution in [2.75, 3.05) is 5.73 Å². The summed E-state index contributed by atoms with van der Waals surface area (Å²) in [6.45, 7) is 7.49. The Labute approximate surface area is 96.3 Å². The van der Waals surface area contributed by atoms with Gasteiger partial charge in [-0.05, 0) is 38.0 Å². The molecule has 0 aliphatic carbocycles. The molecular formula is C13H18N2O. The molecule has 1 amide bonds. The monoisotopic (exact) mass is 218 g/mol. The predicted molar refractivity (Wildman–Crippen MR) is 67.3 cm³/mol. The zero-order valence-electron chi connectivity index (χ0n) is 9.79. The van der Waals surface area contributed by atoms with Crippen LogP contribution < -0.4 is 11.1 Å². The molecule has 0 fully saturated rings. The van der Waals surface area contributed by atoms with E-state index in [-0.39, 0.29) is 11.9 Å². The molecule has 0 aliphatic rings. The molecule has 1 unspecified atom stereocenters. The van der Waals surface area contributed by atoms with E-state index in [1.54, 1.807) is 18.2 Å². The minimum atomic E-state index is -0.0962. The van der Waals surface area contributed by atoms with Gasteiger partial charge in [0.1, 0.15) is 0 Å². The molecule has 0 aliphatic heterocycles. The third-order valence-corrected chi connectivity index (χ3v) is 2.44. The fourth-order valence-corrected chi connectivity index (χ4v) is 1.40. The first-order valence-corrected chi connectivity index (χ1v) is 5.32. The number of carbonyl (C=O) groups excluding carboxylic acids is 1. The van der Waals surface area contributed by atoms with Crippen LogP contribution in [0, 0.1) is 6.92 Å². The van der Waals surface area contributed by atoms with E-state index in [1.807, 2.05) is 19.9 Å². The lowest BCUT2D eigenvalue weighted by Gasteiger charge is -2.12. The van der Waals surface area contributed by atoms with Crippen molar-refractivity contribution in [3.8, 4) is 0 Å². The molecule has 1 aromatic rings. The largest absolute Gasteiger partial charge is 0.398 e. The smallest absolute Gasteiger partial charge is 0.251 e. The molecule has 1 atom stereocenters. The van der Waals surface area contributed by atoms with Crippen LogP contribution in [0.2, 0.25) is 0 Å². The number of anilines is 1. The second kappa shape index (κ2) is 5.35. The van der Waals surface area contributed by atoms with Crippen molar-refractivity contribution >= 4 is 11.6 Å². The van der Waals surface area contributed by atoms with Crippen LogP contribution in [0.1, 0.15) is 29.3 Å². The summed E-state index contributed by atoms with van der Waals surface area (Å²) in [5.74, 6) is -0.0962. The molecule has 16 heavy (non-hydrogen) atoms. The van der Waals surface area contributed by atoms with Crippen LogP contribution in [0.3, 0.4) is 0 Å². The summed E-state index contributed by atoms with van der Waals surface area (Å²) in [6, 6.07) is 5.42. The van der Waals surface area contributed by atoms with Crippen molar-refractivity contribution in [3.63, 3.8) is 0 Å². The molecule has 0 saturated heterocycles. The maximum absolute atomic E-state index is 11.8. The number of nitrogens with two attached hydrogens (primary N) is 1. The van der Waals surface area contributed by atoms with Gasteiger partial charge in [0, 0.05) is 17.3 Å². The number of hydrogen-bond donors (Lipinski definition) is 2. The van der Waals surface area contributed by atoms with Crippen LogP contribution in [-0.4, -0.2) is 11.9 Å². The van der Waals surface area contributed by atoms with Crippen LogP contribution in [0.15, 0.2) is 30.9 Å². The Hall–Kier alpha value is -1.77. The van der Waals surface area contributed by atoms with Crippen molar-refractivity contribution in [2.24, 2.45) is 0 Å². The summed E-state index contributed by atoms with van der Waals surface area (Å²) in [6.07, 6.45) is 2.54. The highest BCUT2D eigenvalue weighted by atomic mass is 16.1. The predicted octanol–water partition coefficient (Wildman–Crippen LogP) is 2.27. The molecule has 0 heterocycles. The van der Waals surface area contributed by atoms with E-state index in [9.17, 15) is 4.79 Å². The molecule has 1 aromatic carbocycles. The molecule has 3 nitrogen and oxygen atoms in total. The standard InChI is InChI=1S/C13H18N2O/c1-4-5-10(3)15-13(16)11-7-6-9(2)12(14)8-11/h4,6-8,10H,1,5,14H2,2-3H3,(H,15,16). The highest BCUT2D eigenvalue weighted by Crippen LogP contribution is 2.12. The van der Waals surface area contributed by atoms with E-state index < -0.39 is 0 Å². The minimum Gasteiger partial charge on any atom is -0.398 e. The van der Waals surface area contributed by atoms with Gasteiger partial charge in [-0.25, -0.2) is 0 Å². The number of carbonyl (C=O) groups is 1. The molecular weight excluding hydrogens is 200 g/mol. The van der Waals surface area contributed by atoms with Gasteiger partial charge < -0.3 is 11.1 Å². The molecule has 1 rings (SSSR count). The fraction of sp³-hybridized carbons (Fsp3) is 0.308. The summed E-state index contributed by atoms with van der Waals surface area (Å²) < 4.78 is 0. The molecule has 3 N–H and O–H groups in total. The molecule has 0 bridgehead atoms.